The van der Waals surface area contributed by atoms with Gasteiger partial charge in [-0.15, -0.1) is 0 Å². The van der Waals surface area contributed by atoms with Crippen LogP contribution in [0, 0.1) is 0 Å². The van der Waals surface area contributed by atoms with Crippen LogP contribution < -0.4 is 0 Å². The van der Waals surface area contributed by atoms with Gasteiger partial charge in [0.05, 0.1) is 27.7 Å². The Morgan fingerprint density at radius 3 is 1.08 bits per heavy atom. The van der Waals surface area contributed by atoms with Crippen LogP contribution in [0.25, 0.3) is 0 Å². The van der Waals surface area contributed by atoms with Gasteiger partial charge in [0.15, 0.2) is 6.10 Å². The molecule has 0 radical (unpaired) electrons. The lowest BCUT2D eigenvalue weighted by atomic mass is 10.0. The number of nitrogens with zero attached hydrogens (tertiary/aromatic N) is 1. The van der Waals surface area contributed by atoms with E-state index >= 15 is 0 Å². The minimum Gasteiger partial charge on any atom is -0.462 e. The number of hydrogen-bond donors (Lipinski definition) is 1. The maximum absolute atomic E-state index is 12.8. The summed E-state index contributed by atoms with van der Waals surface area (Å²) in [5, 5.41) is 0. The molecule has 0 saturated heterocycles. The minimum absolute atomic E-state index is 0.0331. The van der Waals surface area contributed by atoms with Crippen molar-refractivity contribution in [1.82, 2.24) is 0 Å². The molecule has 0 aliphatic heterocycles. The highest BCUT2D eigenvalue weighted by atomic mass is 31.2. The zero-order chi connectivity index (χ0) is 54.2. The van der Waals surface area contributed by atoms with E-state index in [1.807, 2.05) is 21.1 Å². The second kappa shape index (κ2) is 56.0. The van der Waals surface area contributed by atoms with Gasteiger partial charge < -0.3 is 18.9 Å². The van der Waals surface area contributed by atoms with Gasteiger partial charge in [0.25, 0.3) is 0 Å². The number of quaternary nitrogens is 1. The van der Waals surface area contributed by atoms with Gasteiger partial charge in [-0.25, -0.2) is 4.57 Å². The van der Waals surface area contributed by atoms with Crippen LogP contribution in [0.5, 0.6) is 0 Å². The third-order valence-electron chi connectivity index (χ3n) is 14.1. The maximum atomic E-state index is 12.8. The Morgan fingerprint density at radius 2 is 0.730 bits per heavy atom. The number of phosphoric acid groups is 1. The third kappa shape index (κ3) is 59.5. The molecule has 0 aliphatic rings. The van der Waals surface area contributed by atoms with E-state index in [-0.39, 0.29) is 25.6 Å². The number of hydrogen-bond acceptors (Lipinski definition) is 7. The van der Waals surface area contributed by atoms with Crippen molar-refractivity contribution in [1.29, 1.82) is 0 Å². The number of ether oxygens (including phenoxy) is 2. The molecular formula is C64H123NO8P+. The minimum atomic E-state index is -4.39. The van der Waals surface area contributed by atoms with Crippen molar-refractivity contribution in [3.8, 4) is 0 Å². The summed E-state index contributed by atoms with van der Waals surface area (Å²) in [7, 11) is 1.49. The second-order valence-corrected chi connectivity index (χ2v) is 24.2. The first-order valence-electron chi connectivity index (χ1n) is 31.7. The highest BCUT2D eigenvalue weighted by molar-refractivity contribution is 7.47. The molecule has 0 aliphatic carbocycles. The molecule has 0 bridgehead atoms. The quantitative estimate of drug-likeness (QED) is 0.0211. The monoisotopic (exact) mass is 1060 g/mol. The average molecular weight is 1070 g/mol. The molecule has 0 rings (SSSR count). The van der Waals surface area contributed by atoms with Gasteiger partial charge in [0.2, 0.25) is 0 Å². The Balaban J connectivity index is 4.09. The Bertz CT molecular complexity index is 1340. The Kier molecular flexibility index (Phi) is 54.6. The fraction of sp³-hybridized carbons (Fsp3) is 0.875. The summed E-state index contributed by atoms with van der Waals surface area (Å²) in [6.45, 7) is 4.47. The van der Waals surface area contributed by atoms with E-state index in [2.05, 4.69) is 50.3 Å². The van der Waals surface area contributed by atoms with Gasteiger partial charge in [-0.1, -0.05) is 262 Å². The summed E-state index contributed by atoms with van der Waals surface area (Å²) in [6.07, 6.45) is 69.4. The first-order chi connectivity index (χ1) is 36.0. The summed E-state index contributed by atoms with van der Waals surface area (Å²) in [4.78, 5) is 35.8. The van der Waals surface area contributed by atoms with Crippen molar-refractivity contribution in [2.45, 2.75) is 315 Å². The fourth-order valence-electron chi connectivity index (χ4n) is 9.22. The van der Waals surface area contributed by atoms with Gasteiger partial charge in [0.1, 0.15) is 19.8 Å². The smallest absolute Gasteiger partial charge is 0.462 e. The van der Waals surface area contributed by atoms with Gasteiger partial charge in [0, 0.05) is 12.8 Å². The molecule has 436 valence electrons. The van der Waals surface area contributed by atoms with Gasteiger partial charge in [-0.05, 0) is 70.6 Å². The number of rotatable bonds is 59. The molecule has 2 unspecified atom stereocenters. The average Bonchev–Trinajstić information content (AvgIpc) is 3.36. The predicted octanol–water partition coefficient (Wildman–Crippen LogP) is 19.9. The molecule has 0 fully saturated rings. The van der Waals surface area contributed by atoms with Crippen LogP contribution in [0.3, 0.4) is 0 Å². The normalized spacial score (nSPS) is 13.4. The van der Waals surface area contributed by atoms with Crippen LogP contribution in [0.15, 0.2) is 36.5 Å². The van der Waals surface area contributed by atoms with Gasteiger partial charge in [-0.3, -0.25) is 18.6 Å². The molecule has 2 atom stereocenters. The SMILES string of the molecule is CCCCCCC/C=C\C/C=C\CCCCCCCCCCCCCCCC(=O)OC(COC(=O)CCCCCCCCCCCCCCC/C=C\CCCCCCCCCC)COP(=O)(O)OCC[N+](C)(C)C. The molecule has 0 amide bonds. The van der Waals surface area contributed by atoms with E-state index in [1.54, 1.807) is 0 Å². The number of likely N-dealkylation sites (N-methyl/N-ethyl adjacent to an activating group) is 1. The molecule has 0 aromatic heterocycles. The van der Waals surface area contributed by atoms with Crippen molar-refractivity contribution in [3.63, 3.8) is 0 Å². The molecule has 74 heavy (non-hydrogen) atoms. The van der Waals surface area contributed by atoms with E-state index in [1.165, 1.54) is 238 Å². The lowest BCUT2D eigenvalue weighted by molar-refractivity contribution is -0.870. The molecule has 1 N–H and O–H groups in total. The summed E-state index contributed by atoms with van der Waals surface area (Å²) in [5.74, 6) is -0.783. The highest BCUT2D eigenvalue weighted by Crippen LogP contribution is 2.43. The van der Waals surface area contributed by atoms with Gasteiger partial charge in [-0.2, -0.15) is 0 Å². The van der Waals surface area contributed by atoms with Crippen LogP contribution in [0.2, 0.25) is 0 Å². The van der Waals surface area contributed by atoms with Crippen molar-refractivity contribution >= 4 is 19.8 Å². The van der Waals surface area contributed by atoms with Crippen LogP contribution in [-0.4, -0.2) is 74.9 Å². The first kappa shape index (κ1) is 72.2. The Morgan fingerprint density at radius 1 is 0.419 bits per heavy atom. The highest BCUT2D eigenvalue weighted by Gasteiger charge is 2.27. The zero-order valence-corrected chi connectivity index (χ0v) is 50.5. The van der Waals surface area contributed by atoms with Crippen LogP contribution in [0.4, 0.5) is 0 Å². The number of unbranched alkanes of at least 4 members (excludes halogenated alkanes) is 39. The molecule has 0 spiro atoms. The lowest BCUT2D eigenvalue weighted by Gasteiger charge is -2.24. The summed E-state index contributed by atoms with van der Waals surface area (Å²) >= 11 is 0. The van der Waals surface area contributed by atoms with Crippen molar-refractivity contribution in [2.24, 2.45) is 0 Å². The third-order valence-corrected chi connectivity index (χ3v) is 15.1. The fourth-order valence-corrected chi connectivity index (χ4v) is 9.96. The zero-order valence-electron chi connectivity index (χ0n) is 49.6. The van der Waals surface area contributed by atoms with Crippen molar-refractivity contribution in [2.75, 3.05) is 47.5 Å². The molecular weight excluding hydrogens is 942 g/mol. The lowest BCUT2D eigenvalue weighted by Crippen LogP contribution is -2.37. The second-order valence-electron chi connectivity index (χ2n) is 22.8. The van der Waals surface area contributed by atoms with E-state index in [9.17, 15) is 19.0 Å². The number of carbonyl (C=O) groups excluding carboxylic acids is 2. The Labute approximate surface area is 459 Å². The van der Waals surface area contributed by atoms with E-state index in [4.69, 9.17) is 18.5 Å². The Hall–Kier alpha value is -1.77. The molecule has 10 heteroatoms. The maximum Gasteiger partial charge on any atom is 0.472 e. The van der Waals surface area contributed by atoms with Crippen molar-refractivity contribution in [3.05, 3.63) is 36.5 Å². The number of esters is 2. The number of carbonyl (C=O) groups is 2. The van der Waals surface area contributed by atoms with Crippen molar-refractivity contribution < 1.29 is 42.1 Å². The van der Waals surface area contributed by atoms with E-state index < -0.39 is 26.5 Å². The molecule has 0 heterocycles. The van der Waals surface area contributed by atoms with Crippen LogP contribution in [0.1, 0.15) is 309 Å². The molecule has 0 saturated carbocycles. The van der Waals surface area contributed by atoms with Crippen LogP contribution >= 0.6 is 7.82 Å². The molecule has 0 aromatic carbocycles. The summed E-state index contributed by atoms with van der Waals surface area (Å²) in [5.41, 5.74) is 0. The predicted molar refractivity (Wildman–Crippen MR) is 317 cm³/mol. The van der Waals surface area contributed by atoms with Gasteiger partial charge >= 0.3 is 19.8 Å². The molecule has 9 nitrogen and oxygen atoms in total. The standard InChI is InChI=1S/C64H122NO8P/c1-6-8-10-12-14-16-18-20-22-24-26-28-30-32-34-36-38-40-42-44-46-48-50-52-54-56-63(66)70-60-62(61-72-74(68,69)71-59-58-65(3,4)5)73-64(67)57-55-53-51-49-47-45-43-41-39-37-35-33-31-29-27-25-23-21-19-17-15-13-11-9-7-2/h19,21,24-27,62H,6-18,20,22-23,28-61H2,1-5H3/p+1/b21-19-,26-24-,27-25-. The topological polar surface area (TPSA) is 108 Å². The van der Waals surface area contributed by atoms with E-state index in [0.717, 1.165) is 38.5 Å². The number of phosphoric ester groups is 1. The molecule has 0 aromatic rings. The number of allylic oxidation sites excluding steroid dienone is 6. The van der Waals surface area contributed by atoms with E-state index in [0.29, 0.717) is 23.9 Å². The first-order valence-corrected chi connectivity index (χ1v) is 33.2. The summed E-state index contributed by atoms with van der Waals surface area (Å²) in [6, 6.07) is 0. The van der Waals surface area contributed by atoms with Crippen LogP contribution in [-0.2, 0) is 32.7 Å². The largest absolute Gasteiger partial charge is 0.472 e. The summed E-state index contributed by atoms with van der Waals surface area (Å²) < 4.78 is 34.7.